The van der Waals surface area contributed by atoms with Gasteiger partial charge in [0.15, 0.2) is 0 Å². The minimum atomic E-state index is -0.110. The van der Waals surface area contributed by atoms with Gasteiger partial charge < -0.3 is 20.3 Å². The highest BCUT2D eigenvalue weighted by Crippen LogP contribution is 2.23. The number of halogens is 1. The molecule has 2 N–H and O–H groups in total. The maximum atomic E-state index is 12.4. The number of anilines is 1. The van der Waals surface area contributed by atoms with Gasteiger partial charge in [-0.3, -0.25) is 9.59 Å². The maximum absolute atomic E-state index is 12.4. The van der Waals surface area contributed by atoms with Crippen molar-refractivity contribution in [3.63, 3.8) is 0 Å². The van der Waals surface area contributed by atoms with Crippen molar-refractivity contribution in [2.75, 3.05) is 45.2 Å². The summed E-state index contributed by atoms with van der Waals surface area (Å²) >= 11 is 6.19. The molecule has 1 heterocycles. The first-order valence-corrected chi connectivity index (χ1v) is 7.60. The quantitative estimate of drug-likeness (QED) is 0.857. The minimum absolute atomic E-state index is 0.0994. The number of rotatable bonds is 5. The molecule has 0 radical (unpaired) electrons. The Morgan fingerprint density at radius 3 is 2.68 bits per heavy atom. The van der Waals surface area contributed by atoms with Crippen molar-refractivity contribution < 1.29 is 14.3 Å². The van der Waals surface area contributed by atoms with E-state index in [0.29, 0.717) is 55.5 Å². The van der Waals surface area contributed by atoms with Crippen molar-refractivity contribution in [3.8, 4) is 0 Å². The zero-order valence-electron chi connectivity index (χ0n) is 12.5. The molecule has 1 fully saturated rings. The molecule has 2 amide bonds. The van der Waals surface area contributed by atoms with Crippen molar-refractivity contribution in [2.45, 2.75) is 6.42 Å². The number of benzene rings is 1. The highest BCUT2D eigenvalue weighted by atomic mass is 35.5. The van der Waals surface area contributed by atoms with E-state index >= 15 is 0 Å². The average Bonchev–Trinajstić information content (AvgIpc) is 2.53. The molecular weight excluding hydrogens is 306 g/mol. The third kappa shape index (κ3) is 4.43. The van der Waals surface area contributed by atoms with Gasteiger partial charge >= 0.3 is 0 Å². The fraction of sp³-hybridized carbons (Fsp3) is 0.467. The van der Waals surface area contributed by atoms with E-state index in [9.17, 15) is 9.59 Å². The monoisotopic (exact) mass is 325 g/mol. The smallest absolute Gasteiger partial charge is 0.255 e. The van der Waals surface area contributed by atoms with Crippen LogP contribution in [0.25, 0.3) is 0 Å². The fourth-order valence-corrected chi connectivity index (χ4v) is 2.43. The first kappa shape index (κ1) is 16.7. The summed E-state index contributed by atoms with van der Waals surface area (Å²) in [4.78, 5) is 25.8. The van der Waals surface area contributed by atoms with Crippen molar-refractivity contribution >= 4 is 29.1 Å². The van der Waals surface area contributed by atoms with E-state index in [1.807, 2.05) is 0 Å². The zero-order chi connectivity index (χ0) is 15.9. The molecule has 6 nitrogen and oxygen atoms in total. The second-order valence-corrected chi connectivity index (χ2v) is 5.41. The molecule has 0 atom stereocenters. The first-order valence-electron chi connectivity index (χ1n) is 7.23. The minimum Gasteiger partial charge on any atom is -0.378 e. The number of hydrogen-bond donors (Lipinski definition) is 2. The second kappa shape index (κ2) is 8.12. The average molecular weight is 326 g/mol. The summed E-state index contributed by atoms with van der Waals surface area (Å²) in [5, 5.41) is 6.00. The first-order chi connectivity index (χ1) is 10.6. The second-order valence-electron chi connectivity index (χ2n) is 5.00. The van der Waals surface area contributed by atoms with E-state index < -0.39 is 0 Å². The molecule has 1 aliphatic heterocycles. The Bertz CT molecular complexity index is 545. The largest absolute Gasteiger partial charge is 0.378 e. The summed E-state index contributed by atoms with van der Waals surface area (Å²) in [7, 11) is 1.79. The molecular formula is C15H20ClN3O3. The van der Waals surface area contributed by atoms with Crippen LogP contribution in [-0.4, -0.2) is 56.6 Å². The molecule has 0 spiro atoms. The molecule has 1 saturated heterocycles. The number of hydrogen-bond acceptors (Lipinski definition) is 4. The zero-order valence-corrected chi connectivity index (χ0v) is 13.3. The van der Waals surface area contributed by atoms with Crippen LogP contribution < -0.4 is 10.6 Å². The number of carbonyl (C=O) groups excluding carboxylic acids is 2. The predicted molar refractivity (Wildman–Crippen MR) is 85.3 cm³/mol. The Labute approximate surface area is 134 Å². The van der Waals surface area contributed by atoms with Crippen molar-refractivity contribution in [2.24, 2.45) is 0 Å². The van der Waals surface area contributed by atoms with E-state index in [4.69, 9.17) is 16.3 Å². The van der Waals surface area contributed by atoms with Crippen LogP contribution >= 0.6 is 11.6 Å². The van der Waals surface area contributed by atoms with E-state index in [1.54, 1.807) is 30.1 Å². The molecule has 2 rings (SSSR count). The highest BCUT2D eigenvalue weighted by Gasteiger charge is 2.20. The van der Waals surface area contributed by atoms with E-state index in [-0.39, 0.29) is 11.8 Å². The number of ether oxygens (including phenoxy) is 1. The standard InChI is InChI=1S/C15H20ClN3O3/c1-17-5-4-14(20)18-11-2-3-12(13(16)10-11)15(21)19-6-8-22-9-7-19/h2-3,10,17H,4-9H2,1H3,(H,18,20). The predicted octanol–water partition coefficient (Wildman–Crippen LogP) is 1.36. The van der Waals surface area contributed by atoms with Crippen LogP contribution in [0, 0.1) is 0 Å². The van der Waals surface area contributed by atoms with Crippen LogP contribution in [-0.2, 0) is 9.53 Å². The number of nitrogens with one attached hydrogen (secondary N) is 2. The van der Waals surface area contributed by atoms with Crippen LogP contribution in [0.5, 0.6) is 0 Å². The summed E-state index contributed by atoms with van der Waals surface area (Å²) in [6, 6.07) is 4.94. The number of amides is 2. The normalized spacial score (nSPS) is 14.7. The van der Waals surface area contributed by atoms with Crippen LogP contribution in [0.2, 0.25) is 5.02 Å². The number of carbonyl (C=O) groups is 2. The van der Waals surface area contributed by atoms with Crippen LogP contribution in [0.1, 0.15) is 16.8 Å². The third-order valence-corrected chi connectivity index (χ3v) is 3.70. The molecule has 0 aromatic heterocycles. The van der Waals surface area contributed by atoms with E-state index in [0.717, 1.165) is 0 Å². The van der Waals surface area contributed by atoms with Crippen molar-refractivity contribution in [1.82, 2.24) is 10.2 Å². The Balaban J connectivity index is 2.02. The van der Waals surface area contributed by atoms with E-state index in [2.05, 4.69) is 10.6 Å². The summed E-state index contributed by atoms with van der Waals surface area (Å²) in [6.45, 7) is 2.83. The summed E-state index contributed by atoms with van der Waals surface area (Å²) in [5.41, 5.74) is 1.03. The lowest BCUT2D eigenvalue weighted by Gasteiger charge is -2.27. The van der Waals surface area contributed by atoms with Crippen LogP contribution in [0.15, 0.2) is 18.2 Å². The molecule has 0 saturated carbocycles. The van der Waals surface area contributed by atoms with Crippen LogP contribution in [0.3, 0.4) is 0 Å². The van der Waals surface area contributed by atoms with Gasteiger partial charge in [-0.05, 0) is 25.2 Å². The Morgan fingerprint density at radius 1 is 1.32 bits per heavy atom. The Hall–Kier alpha value is -1.63. The van der Waals surface area contributed by atoms with Crippen LogP contribution in [0.4, 0.5) is 5.69 Å². The molecule has 0 bridgehead atoms. The topological polar surface area (TPSA) is 70.7 Å². The molecule has 1 aliphatic rings. The number of morpholine rings is 1. The molecule has 1 aromatic rings. The highest BCUT2D eigenvalue weighted by molar-refractivity contribution is 6.34. The van der Waals surface area contributed by atoms with E-state index in [1.165, 1.54) is 0 Å². The Kier molecular flexibility index (Phi) is 6.18. The van der Waals surface area contributed by atoms with Gasteiger partial charge in [0, 0.05) is 31.7 Å². The molecule has 0 aliphatic carbocycles. The van der Waals surface area contributed by atoms with Gasteiger partial charge in [0.05, 0.1) is 23.8 Å². The summed E-state index contributed by atoms with van der Waals surface area (Å²) in [6.07, 6.45) is 0.378. The van der Waals surface area contributed by atoms with Gasteiger partial charge in [0.1, 0.15) is 0 Å². The lowest BCUT2D eigenvalue weighted by atomic mass is 10.1. The van der Waals surface area contributed by atoms with Gasteiger partial charge in [-0.15, -0.1) is 0 Å². The van der Waals surface area contributed by atoms with Crippen molar-refractivity contribution in [1.29, 1.82) is 0 Å². The maximum Gasteiger partial charge on any atom is 0.255 e. The van der Waals surface area contributed by atoms with Gasteiger partial charge in [0.25, 0.3) is 5.91 Å². The lowest BCUT2D eigenvalue weighted by Crippen LogP contribution is -2.40. The van der Waals surface area contributed by atoms with Gasteiger partial charge in [-0.1, -0.05) is 11.6 Å². The molecule has 120 valence electrons. The molecule has 0 unspecified atom stereocenters. The van der Waals surface area contributed by atoms with Gasteiger partial charge in [-0.25, -0.2) is 0 Å². The number of nitrogens with zero attached hydrogens (tertiary/aromatic N) is 1. The summed E-state index contributed by atoms with van der Waals surface area (Å²) in [5.74, 6) is -0.209. The SMILES string of the molecule is CNCCC(=O)Nc1ccc(C(=O)N2CCOCC2)c(Cl)c1. The lowest BCUT2D eigenvalue weighted by molar-refractivity contribution is -0.116. The molecule has 1 aromatic carbocycles. The van der Waals surface area contributed by atoms with Gasteiger partial charge in [0.2, 0.25) is 5.91 Å². The van der Waals surface area contributed by atoms with Gasteiger partial charge in [-0.2, -0.15) is 0 Å². The Morgan fingerprint density at radius 2 is 2.05 bits per heavy atom. The third-order valence-electron chi connectivity index (χ3n) is 3.38. The summed E-state index contributed by atoms with van der Waals surface area (Å²) < 4.78 is 5.23. The van der Waals surface area contributed by atoms with Crippen molar-refractivity contribution in [3.05, 3.63) is 28.8 Å². The molecule has 22 heavy (non-hydrogen) atoms. The fourth-order valence-electron chi connectivity index (χ4n) is 2.17. The molecule has 7 heteroatoms.